The molecule has 2 aromatic rings. The van der Waals surface area contributed by atoms with E-state index < -0.39 is 26.5 Å². The van der Waals surface area contributed by atoms with Crippen LogP contribution in [0.1, 0.15) is 128 Å². The highest BCUT2D eigenvalue weighted by molar-refractivity contribution is 6.74. The van der Waals surface area contributed by atoms with Crippen LogP contribution in [0.4, 0.5) is 0 Å². The summed E-state index contributed by atoms with van der Waals surface area (Å²) in [7, 11) is -2.00. The van der Waals surface area contributed by atoms with E-state index in [9.17, 15) is 14.7 Å². The highest BCUT2D eigenvalue weighted by Crippen LogP contribution is 2.52. The number of aliphatic carboxylic acids is 1. The Morgan fingerprint density at radius 3 is 2.17 bits per heavy atom. The number of carboxylic acids is 1. The first-order valence-corrected chi connectivity index (χ1v) is 21.6. The van der Waals surface area contributed by atoms with Crippen LogP contribution in [0.25, 0.3) is 11.1 Å². The fourth-order valence-electron chi connectivity index (χ4n) is 7.94. The number of benzene rings is 2. The molecule has 0 amide bonds. The third-order valence-electron chi connectivity index (χ3n) is 12.0. The molecule has 2 fully saturated rings. The summed E-state index contributed by atoms with van der Waals surface area (Å²) in [5.41, 5.74) is 2.27. The standard InChI is InChI=1S/C41H62O6Si/c1-40(2,3)48(5,6)47-36(32-19-13-10-14-20-32)27-26-34-35(42)29-37(41(34,4)28-16-8-7-15-21-38(43)44)46-39(45)33-24-22-31(23-25-33)30-17-11-9-12-18-30/h9,11-12,17-18,22-25,32,34-37,42H,7-8,10,13-16,19-21,26-29H2,1-6H3,(H,43,44)/t34-,35?,36-,37-,41+/m0/s1. The van der Waals surface area contributed by atoms with Crippen molar-refractivity contribution < 1.29 is 29.0 Å². The number of aliphatic hydroxyl groups excluding tert-OH is 1. The number of unbranched alkanes of at least 4 members (excludes halogenated alkanes) is 3. The van der Waals surface area contributed by atoms with Crippen LogP contribution < -0.4 is 0 Å². The normalized spacial score (nSPS) is 24.4. The van der Waals surface area contributed by atoms with Gasteiger partial charge in [0, 0.05) is 24.4 Å². The number of carbonyl (C=O) groups excluding carboxylic acids is 1. The molecule has 0 saturated heterocycles. The molecule has 0 heterocycles. The Balaban J connectivity index is 1.50. The van der Waals surface area contributed by atoms with Crippen LogP contribution >= 0.6 is 0 Å². The second-order valence-electron chi connectivity index (χ2n) is 16.5. The Morgan fingerprint density at radius 1 is 0.917 bits per heavy atom. The van der Waals surface area contributed by atoms with Gasteiger partial charge in [0.05, 0.1) is 11.7 Å². The Bertz CT molecular complexity index is 1300. The number of hydrogen-bond donors (Lipinski definition) is 2. The molecule has 1 unspecified atom stereocenters. The van der Waals surface area contributed by atoms with Gasteiger partial charge < -0.3 is 19.4 Å². The summed E-state index contributed by atoms with van der Waals surface area (Å²) in [6, 6.07) is 17.7. The molecular weight excluding hydrogens is 617 g/mol. The van der Waals surface area contributed by atoms with Gasteiger partial charge in [-0.25, -0.2) is 4.79 Å². The summed E-state index contributed by atoms with van der Waals surface area (Å²) in [4.78, 5) is 24.6. The zero-order valence-electron chi connectivity index (χ0n) is 30.5. The number of hydrogen-bond acceptors (Lipinski definition) is 5. The highest BCUT2D eigenvalue weighted by atomic mass is 28.4. The van der Waals surface area contributed by atoms with E-state index in [0.29, 0.717) is 24.3 Å². The summed E-state index contributed by atoms with van der Waals surface area (Å²) < 4.78 is 13.5. The van der Waals surface area contributed by atoms with Crippen molar-refractivity contribution in [1.29, 1.82) is 0 Å². The Labute approximate surface area is 291 Å². The fraction of sp³-hybridized carbons (Fsp3) is 0.659. The Morgan fingerprint density at radius 2 is 1.54 bits per heavy atom. The van der Waals surface area contributed by atoms with Crippen molar-refractivity contribution in [2.45, 2.75) is 154 Å². The van der Waals surface area contributed by atoms with Gasteiger partial charge in [0.1, 0.15) is 6.10 Å². The molecule has 0 aliphatic heterocycles. The van der Waals surface area contributed by atoms with E-state index in [4.69, 9.17) is 14.3 Å². The number of ether oxygens (including phenoxy) is 1. The van der Waals surface area contributed by atoms with Crippen LogP contribution in [0, 0.1) is 17.3 Å². The van der Waals surface area contributed by atoms with Crippen molar-refractivity contribution >= 4 is 20.3 Å². The zero-order valence-corrected chi connectivity index (χ0v) is 31.5. The fourth-order valence-corrected chi connectivity index (χ4v) is 9.36. The molecule has 2 aromatic carbocycles. The average Bonchev–Trinajstić information content (AvgIpc) is 3.28. The summed E-state index contributed by atoms with van der Waals surface area (Å²) >= 11 is 0. The average molecular weight is 679 g/mol. The molecule has 2 aliphatic rings. The van der Waals surface area contributed by atoms with Crippen LogP contribution in [-0.4, -0.2) is 48.8 Å². The molecule has 0 spiro atoms. The molecule has 0 aromatic heterocycles. The third-order valence-corrected chi connectivity index (χ3v) is 16.5. The number of esters is 1. The summed E-state index contributed by atoms with van der Waals surface area (Å²) in [5.74, 6) is -0.554. The summed E-state index contributed by atoms with van der Waals surface area (Å²) in [6.07, 6.45) is 12.0. The predicted octanol–water partition coefficient (Wildman–Crippen LogP) is 10.4. The smallest absolute Gasteiger partial charge is 0.338 e. The van der Waals surface area contributed by atoms with E-state index in [1.807, 2.05) is 42.5 Å². The van der Waals surface area contributed by atoms with Crippen LogP contribution in [-0.2, 0) is 14.0 Å². The third kappa shape index (κ3) is 10.0. The first kappa shape index (κ1) is 38.3. The number of carboxylic acid groups (broad SMARTS) is 1. The molecule has 0 radical (unpaired) electrons. The Kier molecular flexibility index (Phi) is 13.5. The van der Waals surface area contributed by atoms with E-state index >= 15 is 0 Å². The lowest BCUT2D eigenvalue weighted by Crippen LogP contribution is -2.46. The van der Waals surface area contributed by atoms with Gasteiger partial charge in [0.25, 0.3) is 0 Å². The van der Waals surface area contributed by atoms with E-state index in [-0.39, 0.29) is 34.9 Å². The predicted molar refractivity (Wildman–Crippen MR) is 197 cm³/mol. The minimum absolute atomic E-state index is 0.0103. The quantitative estimate of drug-likeness (QED) is 0.104. The molecular formula is C41H62O6Si. The Hall–Kier alpha value is -2.48. The molecule has 2 saturated carbocycles. The van der Waals surface area contributed by atoms with E-state index in [1.54, 1.807) is 0 Å². The summed E-state index contributed by atoms with van der Waals surface area (Å²) in [6.45, 7) is 13.8. The van der Waals surface area contributed by atoms with Gasteiger partial charge in [0.15, 0.2) is 8.32 Å². The van der Waals surface area contributed by atoms with Crippen molar-refractivity contribution in [1.82, 2.24) is 0 Å². The van der Waals surface area contributed by atoms with Crippen molar-refractivity contribution in [2.75, 3.05) is 0 Å². The van der Waals surface area contributed by atoms with Crippen LogP contribution in [0.2, 0.25) is 18.1 Å². The minimum atomic E-state index is -2.00. The molecule has 2 N–H and O–H groups in total. The van der Waals surface area contributed by atoms with Gasteiger partial charge in [-0.05, 0) is 91.8 Å². The largest absolute Gasteiger partial charge is 0.481 e. The maximum atomic E-state index is 13.6. The maximum Gasteiger partial charge on any atom is 0.338 e. The van der Waals surface area contributed by atoms with Crippen molar-refractivity contribution in [3.8, 4) is 11.1 Å². The van der Waals surface area contributed by atoms with Crippen molar-refractivity contribution in [2.24, 2.45) is 17.3 Å². The second-order valence-corrected chi connectivity index (χ2v) is 21.2. The molecule has 0 bridgehead atoms. The zero-order chi connectivity index (χ0) is 35.0. The molecule has 48 heavy (non-hydrogen) atoms. The minimum Gasteiger partial charge on any atom is -0.481 e. The number of carbonyl (C=O) groups is 2. The first-order valence-electron chi connectivity index (χ1n) is 18.7. The lowest BCUT2D eigenvalue weighted by Gasteiger charge is -2.43. The van der Waals surface area contributed by atoms with Crippen molar-refractivity contribution in [3.63, 3.8) is 0 Å². The van der Waals surface area contributed by atoms with Gasteiger partial charge in [-0.15, -0.1) is 0 Å². The highest BCUT2D eigenvalue weighted by Gasteiger charge is 2.53. The van der Waals surface area contributed by atoms with Gasteiger partial charge in [0.2, 0.25) is 0 Å². The topological polar surface area (TPSA) is 93.1 Å². The molecule has 266 valence electrons. The van der Waals surface area contributed by atoms with Crippen LogP contribution in [0.15, 0.2) is 54.6 Å². The molecule has 7 heteroatoms. The van der Waals surface area contributed by atoms with Gasteiger partial charge in [-0.3, -0.25) is 4.79 Å². The SMILES string of the molecule is CC(C)(C)[Si](C)(C)O[C@@H](CC[C@H]1C(O)C[C@H](OC(=O)c2ccc(-c3ccccc3)cc2)[C@]1(C)CCCCCCC(=O)O)C1CCCCC1. The molecule has 6 nitrogen and oxygen atoms in total. The maximum absolute atomic E-state index is 13.6. The molecule has 2 aliphatic carbocycles. The van der Waals surface area contributed by atoms with Crippen LogP contribution in [0.3, 0.4) is 0 Å². The van der Waals surface area contributed by atoms with Gasteiger partial charge >= 0.3 is 11.9 Å². The lowest BCUT2D eigenvalue weighted by molar-refractivity contribution is -0.137. The van der Waals surface area contributed by atoms with Crippen molar-refractivity contribution in [3.05, 3.63) is 60.2 Å². The molecule has 5 atom stereocenters. The lowest BCUT2D eigenvalue weighted by atomic mass is 9.71. The second kappa shape index (κ2) is 17.0. The number of rotatable bonds is 16. The van der Waals surface area contributed by atoms with E-state index in [1.165, 1.54) is 32.1 Å². The summed E-state index contributed by atoms with van der Waals surface area (Å²) in [5, 5.41) is 20.8. The van der Waals surface area contributed by atoms with E-state index in [0.717, 1.165) is 49.7 Å². The van der Waals surface area contributed by atoms with Gasteiger partial charge in [-0.2, -0.15) is 0 Å². The van der Waals surface area contributed by atoms with E-state index in [2.05, 4.69) is 52.9 Å². The molecule has 4 rings (SSSR count). The first-order chi connectivity index (χ1) is 22.7. The monoisotopic (exact) mass is 678 g/mol. The van der Waals surface area contributed by atoms with Crippen LogP contribution in [0.5, 0.6) is 0 Å². The van der Waals surface area contributed by atoms with Gasteiger partial charge in [-0.1, -0.05) is 109 Å². The number of aliphatic hydroxyl groups is 1.